The minimum Gasteiger partial charge on any atom is -0.480 e. The predicted molar refractivity (Wildman–Crippen MR) is 112 cm³/mol. The molecule has 4 rings (SSSR count). The van der Waals surface area contributed by atoms with E-state index < -0.39 is 23.7 Å². The molecule has 1 aromatic heterocycles. The summed E-state index contributed by atoms with van der Waals surface area (Å²) in [7, 11) is 0. The molecule has 0 spiro atoms. The maximum atomic E-state index is 14.5. The fourth-order valence-corrected chi connectivity index (χ4v) is 4.00. The van der Waals surface area contributed by atoms with Crippen LogP contribution in [0.4, 0.5) is 4.39 Å². The van der Waals surface area contributed by atoms with Gasteiger partial charge in [-0.1, -0.05) is 41.9 Å². The molecule has 7 heteroatoms. The van der Waals surface area contributed by atoms with Crippen molar-refractivity contribution in [1.29, 1.82) is 0 Å². The van der Waals surface area contributed by atoms with Crippen LogP contribution < -0.4 is 0 Å². The highest BCUT2D eigenvalue weighted by atomic mass is 35.5. The van der Waals surface area contributed by atoms with Gasteiger partial charge in [0.1, 0.15) is 11.9 Å². The number of aromatic nitrogens is 1. The van der Waals surface area contributed by atoms with E-state index in [4.69, 9.17) is 11.6 Å². The van der Waals surface area contributed by atoms with E-state index in [1.165, 1.54) is 17.2 Å². The minimum atomic E-state index is -1.02. The molecule has 1 aliphatic heterocycles. The quantitative estimate of drug-likeness (QED) is 0.646. The second-order valence-corrected chi connectivity index (χ2v) is 7.48. The Morgan fingerprint density at radius 3 is 2.47 bits per heavy atom. The van der Waals surface area contributed by atoms with Crippen molar-refractivity contribution in [3.8, 4) is 22.4 Å². The number of hydrogen-bond donors (Lipinski definition) is 1. The molecule has 0 aliphatic carbocycles. The van der Waals surface area contributed by atoms with Gasteiger partial charge < -0.3 is 10.0 Å². The zero-order valence-corrected chi connectivity index (χ0v) is 16.6. The fraction of sp³-hybridized carbons (Fsp3) is 0.174. The number of benzene rings is 2. The maximum absolute atomic E-state index is 14.5. The van der Waals surface area contributed by atoms with Crippen molar-refractivity contribution in [2.45, 2.75) is 18.9 Å². The summed E-state index contributed by atoms with van der Waals surface area (Å²) in [6, 6.07) is 14.0. The van der Waals surface area contributed by atoms with Crippen LogP contribution in [0.3, 0.4) is 0 Å². The third-order valence-corrected chi connectivity index (χ3v) is 5.56. The normalized spacial score (nSPS) is 15.9. The van der Waals surface area contributed by atoms with E-state index >= 15 is 0 Å². The van der Waals surface area contributed by atoms with Crippen LogP contribution in [0, 0.1) is 5.82 Å². The largest absolute Gasteiger partial charge is 0.480 e. The van der Waals surface area contributed by atoms with Gasteiger partial charge in [-0.05, 0) is 37.1 Å². The molecular weight excluding hydrogens is 407 g/mol. The molecule has 0 saturated carbocycles. The SMILES string of the molecule is O=C(O)C1CCCN1C(=O)c1cnc(-c2ccccc2F)c(-c2ccccc2Cl)c1. The molecule has 1 unspecified atom stereocenters. The van der Waals surface area contributed by atoms with Gasteiger partial charge in [0.2, 0.25) is 0 Å². The lowest BCUT2D eigenvalue weighted by atomic mass is 9.97. The monoisotopic (exact) mass is 424 g/mol. The van der Waals surface area contributed by atoms with Gasteiger partial charge in [0, 0.05) is 34.5 Å². The fourth-order valence-electron chi connectivity index (χ4n) is 3.77. The van der Waals surface area contributed by atoms with Crippen molar-refractivity contribution in [3.05, 3.63) is 77.2 Å². The second-order valence-electron chi connectivity index (χ2n) is 7.07. The molecule has 2 aromatic carbocycles. The lowest BCUT2D eigenvalue weighted by Crippen LogP contribution is -2.40. The molecule has 30 heavy (non-hydrogen) atoms. The van der Waals surface area contributed by atoms with E-state index in [9.17, 15) is 19.1 Å². The van der Waals surface area contributed by atoms with E-state index in [-0.39, 0.29) is 11.1 Å². The summed E-state index contributed by atoms with van der Waals surface area (Å²) in [5.74, 6) is -1.88. The molecule has 152 valence electrons. The highest BCUT2D eigenvalue weighted by Crippen LogP contribution is 2.36. The number of carbonyl (C=O) groups excluding carboxylic acids is 1. The third kappa shape index (κ3) is 3.66. The summed E-state index contributed by atoms with van der Waals surface area (Å²) in [6.07, 6.45) is 2.40. The van der Waals surface area contributed by atoms with Crippen LogP contribution in [-0.2, 0) is 4.79 Å². The van der Waals surface area contributed by atoms with Gasteiger partial charge in [-0.3, -0.25) is 9.78 Å². The van der Waals surface area contributed by atoms with Gasteiger partial charge in [0.25, 0.3) is 5.91 Å². The van der Waals surface area contributed by atoms with E-state index in [1.807, 2.05) is 0 Å². The molecule has 5 nitrogen and oxygen atoms in total. The summed E-state index contributed by atoms with van der Waals surface area (Å²) in [6.45, 7) is 0.367. The van der Waals surface area contributed by atoms with Crippen molar-refractivity contribution in [2.75, 3.05) is 6.54 Å². The first-order valence-corrected chi connectivity index (χ1v) is 9.89. The van der Waals surface area contributed by atoms with E-state index in [1.54, 1.807) is 48.5 Å². The molecule has 1 atom stereocenters. The predicted octanol–water partition coefficient (Wildman–Crippen LogP) is 4.90. The summed E-state index contributed by atoms with van der Waals surface area (Å²) in [4.78, 5) is 30.3. The number of likely N-dealkylation sites (tertiary alicyclic amines) is 1. The number of halogens is 2. The van der Waals surface area contributed by atoms with Crippen molar-refractivity contribution in [1.82, 2.24) is 9.88 Å². The summed E-state index contributed by atoms with van der Waals surface area (Å²) in [5.41, 5.74) is 1.99. The molecule has 0 bridgehead atoms. The number of aliphatic carboxylic acids is 1. The molecule has 1 N–H and O–H groups in total. The zero-order valence-electron chi connectivity index (χ0n) is 15.9. The van der Waals surface area contributed by atoms with E-state index in [2.05, 4.69) is 4.98 Å². The Morgan fingerprint density at radius 2 is 1.77 bits per heavy atom. The number of pyridine rings is 1. The first-order valence-electron chi connectivity index (χ1n) is 9.51. The van der Waals surface area contributed by atoms with Gasteiger partial charge in [-0.15, -0.1) is 0 Å². The number of nitrogens with zero attached hydrogens (tertiary/aromatic N) is 2. The van der Waals surface area contributed by atoms with Gasteiger partial charge in [-0.2, -0.15) is 0 Å². The molecule has 3 aromatic rings. The van der Waals surface area contributed by atoms with Crippen molar-refractivity contribution in [2.24, 2.45) is 0 Å². The lowest BCUT2D eigenvalue weighted by Gasteiger charge is -2.22. The molecule has 0 radical (unpaired) electrons. The van der Waals surface area contributed by atoms with Crippen LogP contribution in [0.15, 0.2) is 60.8 Å². The average Bonchev–Trinajstić information content (AvgIpc) is 3.24. The molecular formula is C23H18ClFN2O3. The number of carbonyl (C=O) groups is 2. The smallest absolute Gasteiger partial charge is 0.326 e. The standard InChI is InChI=1S/C23H18ClFN2O3/c24-18-8-3-1-6-15(18)17-12-14(22(28)27-11-5-10-20(27)23(29)30)13-26-21(17)16-7-2-4-9-19(16)25/h1-4,6-9,12-13,20H,5,10-11H2,(H,29,30). The van der Waals surface area contributed by atoms with Crippen molar-refractivity contribution in [3.63, 3.8) is 0 Å². The van der Waals surface area contributed by atoms with Crippen LogP contribution in [0.1, 0.15) is 23.2 Å². The summed E-state index contributed by atoms with van der Waals surface area (Å²) >= 11 is 6.39. The summed E-state index contributed by atoms with van der Waals surface area (Å²) in [5, 5.41) is 9.84. The lowest BCUT2D eigenvalue weighted by molar-refractivity contribution is -0.141. The van der Waals surface area contributed by atoms with Gasteiger partial charge in [0.15, 0.2) is 0 Å². The molecule has 1 fully saturated rings. The maximum Gasteiger partial charge on any atom is 0.326 e. The molecule has 1 amide bonds. The molecule has 1 aliphatic rings. The number of carboxylic acids is 1. The Morgan fingerprint density at radius 1 is 1.07 bits per heavy atom. The number of amides is 1. The molecule has 2 heterocycles. The number of rotatable bonds is 4. The van der Waals surface area contributed by atoms with Gasteiger partial charge in [0.05, 0.1) is 11.3 Å². The van der Waals surface area contributed by atoms with Crippen molar-refractivity contribution >= 4 is 23.5 Å². The van der Waals surface area contributed by atoms with Crippen LogP contribution in [0.2, 0.25) is 5.02 Å². The first-order chi connectivity index (χ1) is 14.5. The zero-order chi connectivity index (χ0) is 21.3. The van der Waals surface area contributed by atoms with Crippen LogP contribution in [0.25, 0.3) is 22.4 Å². The third-order valence-electron chi connectivity index (χ3n) is 5.23. The number of carboxylic acid groups (broad SMARTS) is 1. The van der Waals surface area contributed by atoms with Crippen LogP contribution in [-0.4, -0.2) is 39.5 Å². The highest BCUT2D eigenvalue weighted by molar-refractivity contribution is 6.33. The minimum absolute atomic E-state index is 0.234. The Balaban J connectivity index is 1.85. The first kappa shape index (κ1) is 20.0. The average molecular weight is 425 g/mol. The Bertz CT molecular complexity index is 1130. The number of hydrogen-bond acceptors (Lipinski definition) is 3. The van der Waals surface area contributed by atoms with Crippen molar-refractivity contribution < 1.29 is 19.1 Å². The van der Waals surface area contributed by atoms with Gasteiger partial charge in [-0.25, -0.2) is 9.18 Å². The van der Waals surface area contributed by atoms with Crippen LogP contribution >= 0.6 is 11.6 Å². The summed E-state index contributed by atoms with van der Waals surface area (Å²) < 4.78 is 14.5. The Labute approximate surface area is 177 Å². The van der Waals surface area contributed by atoms with E-state index in [0.29, 0.717) is 41.2 Å². The Kier molecular flexibility index (Phi) is 5.50. The van der Waals surface area contributed by atoms with Crippen LogP contribution in [0.5, 0.6) is 0 Å². The van der Waals surface area contributed by atoms with Gasteiger partial charge >= 0.3 is 5.97 Å². The second kappa shape index (κ2) is 8.24. The Hall–Kier alpha value is -3.25. The van der Waals surface area contributed by atoms with E-state index in [0.717, 1.165) is 0 Å². The topological polar surface area (TPSA) is 70.5 Å². The molecule has 1 saturated heterocycles. The highest BCUT2D eigenvalue weighted by Gasteiger charge is 2.34.